The summed E-state index contributed by atoms with van der Waals surface area (Å²) in [6, 6.07) is 4.68. The molecule has 0 bridgehead atoms. The largest absolute Gasteiger partial charge is 0.493 e. The molecule has 0 saturated heterocycles. The van der Waals surface area contributed by atoms with E-state index in [1.54, 1.807) is 26.0 Å². The third-order valence-electron chi connectivity index (χ3n) is 4.24. The van der Waals surface area contributed by atoms with Crippen molar-refractivity contribution in [2.75, 3.05) is 32.8 Å². The lowest BCUT2D eigenvalue weighted by atomic mass is 10.2. The van der Waals surface area contributed by atoms with Gasteiger partial charge in [-0.05, 0) is 39.0 Å². The van der Waals surface area contributed by atoms with E-state index >= 15 is 0 Å². The van der Waals surface area contributed by atoms with E-state index < -0.39 is 17.7 Å². The number of Topliss-reactive ketones (excluding diaryl/α,β-unsaturated/α-hetero) is 1. The number of carbonyl (C=O) groups excluding carboxylic acids is 2. The third-order valence-corrected chi connectivity index (χ3v) is 4.75. The first-order valence-electron chi connectivity index (χ1n) is 9.99. The summed E-state index contributed by atoms with van der Waals surface area (Å²) in [5.74, 6) is -0.136. The average Bonchev–Trinajstić information content (AvgIpc) is 2.77. The van der Waals surface area contributed by atoms with Crippen molar-refractivity contribution in [1.82, 2.24) is 0 Å². The van der Waals surface area contributed by atoms with Crippen molar-refractivity contribution in [3.63, 3.8) is 0 Å². The van der Waals surface area contributed by atoms with Crippen LogP contribution in [0.3, 0.4) is 0 Å². The van der Waals surface area contributed by atoms with Crippen molar-refractivity contribution in [2.24, 2.45) is 10.2 Å². The van der Waals surface area contributed by atoms with Crippen molar-refractivity contribution in [1.29, 1.82) is 0 Å². The molecule has 0 spiro atoms. The summed E-state index contributed by atoms with van der Waals surface area (Å²) < 4.78 is 21.7. The molecule has 0 aliphatic rings. The molecule has 1 N–H and O–H groups in total. The Labute approximate surface area is 202 Å². The molecule has 178 valence electrons. The van der Waals surface area contributed by atoms with Gasteiger partial charge in [0.15, 0.2) is 28.8 Å². The summed E-state index contributed by atoms with van der Waals surface area (Å²) in [5.41, 5.74) is 0.471. The number of amides is 1. The molecule has 1 amide bonds. The summed E-state index contributed by atoms with van der Waals surface area (Å²) in [5, 5.41) is 11.3. The van der Waals surface area contributed by atoms with Crippen molar-refractivity contribution in [3.05, 3.63) is 34.3 Å². The van der Waals surface area contributed by atoms with Crippen molar-refractivity contribution in [3.8, 4) is 23.0 Å². The number of anilines is 1. The molecular formula is C22H25Cl2N3O6. The van der Waals surface area contributed by atoms with Gasteiger partial charge >= 0.3 is 0 Å². The molecular weight excluding hydrogens is 473 g/mol. The van der Waals surface area contributed by atoms with Gasteiger partial charge in [-0.1, -0.05) is 23.2 Å². The van der Waals surface area contributed by atoms with Gasteiger partial charge in [-0.3, -0.25) is 9.59 Å². The smallest absolute Gasteiger partial charge is 0.258 e. The maximum Gasteiger partial charge on any atom is 0.258 e. The van der Waals surface area contributed by atoms with Crippen LogP contribution in [0.1, 0.15) is 20.8 Å². The molecule has 0 aromatic heterocycles. The Kier molecular flexibility index (Phi) is 9.74. The van der Waals surface area contributed by atoms with Gasteiger partial charge in [0.05, 0.1) is 38.1 Å². The predicted octanol–water partition coefficient (Wildman–Crippen LogP) is 5.49. The highest BCUT2D eigenvalue weighted by atomic mass is 35.5. The average molecular weight is 498 g/mol. The van der Waals surface area contributed by atoms with Crippen LogP contribution in [0.25, 0.3) is 0 Å². The van der Waals surface area contributed by atoms with Gasteiger partial charge in [0.2, 0.25) is 6.04 Å². The quantitative estimate of drug-likeness (QED) is 0.324. The molecule has 0 fully saturated rings. The lowest BCUT2D eigenvalue weighted by Crippen LogP contribution is -2.32. The Hall–Kier alpha value is -3.04. The first-order chi connectivity index (χ1) is 15.8. The molecule has 0 aliphatic heterocycles. The molecule has 1 atom stereocenters. The lowest BCUT2D eigenvalue weighted by molar-refractivity contribution is -0.126. The van der Waals surface area contributed by atoms with E-state index in [1.807, 2.05) is 0 Å². The number of ether oxygens (including phenoxy) is 4. The fourth-order valence-electron chi connectivity index (χ4n) is 2.83. The minimum atomic E-state index is -1.44. The summed E-state index contributed by atoms with van der Waals surface area (Å²) in [6.45, 7) is 5.49. The van der Waals surface area contributed by atoms with Gasteiger partial charge in [0, 0.05) is 11.1 Å². The number of nitrogens with zero attached hydrogens (tertiary/aromatic N) is 2. The molecule has 2 aromatic carbocycles. The number of hydrogen-bond acceptors (Lipinski definition) is 8. The topological polar surface area (TPSA) is 108 Å². The number of azo groups is 1. The SMILES string of the molecule is CCOc1c(Cl)ccc(N=NC(C(C)=O)C(=O)Nc2cc(Cl)cc(OC)c2OC)c1OCC. The Balaban J connectivity index is 2.40. The van der Waals surface area contributed by atoms with E-state index in [4.69, 9.17) is 42.1 Å². The molecule has 11 heteroatoms. The predicted molar refractivity (Wildman–Crippen MR) is 126 cm³/mol. The highest BCUT2D eigenvalue weighted by molar-refractivity contribution is 6.32. The van der Waals surface area contributed by atoms with Crippen molar-refractivity contribution in [2.45, 2.75) is 26.8 Å². The van der Waals surface area contributed by atoms with Gasteiger partial charge < -0.3 is 24.3 Å². The third kappa shape index (κ3) is 6.49. The number of hydrogen-bond donors (Lipinski definition) is 1. The molecule has 9 nitrogen and oxygen atoms in total. The van der Waals surface area contributed by atoms with Crippen LogP contribution in [-0.2, 0) is 9.59 Å². The Morgan fingerprint density at radius 2 is 1.67 bits per heavy atom. The van der Waals surface area contributed by atoms with E-state index in [0.717, 1.165) is 0 Å². The Morgan fingerprint density at radius 3 is 2.24 bits per heavy atom. The zero-order valence-corrected chi connectivity index (χ0v) is 20.4. The van der Waals surface area contributed by atoms with Gasteiger partial charge in [0.1, 0.15) is 5.69 Å². The summed E-state index contributed by atoms with van der Waals surface area (Å²) in [7, 11) is 2.85. The number of ketones is 1. The monoisotopic (exact) mass is 497 g/mol. The van der Waals surface area contributed by atoms with Crippen molar-refractivity contribution >= 4 is 46.3 Å². The number of rotatable bonds is 11. The summed E-state index contributed by atoms with van der Waals surface area (Å²) in [6.07, 6.45) is 0. The molecule has 1 unspecified atom stereocenters. The summed E-state index contributed by atoms with van der Waals surface area (Å²) >= 11 is 12.3. The van der Waals surface area contributed by atoms with Crippen LogP contribution in [0.15, 0.2) is 34.5 Å². The second-order valence-corrected chi connectivity index (χ2v) is 7.34. The highest BCUT2D eigenvalue weighted by Crippen LogP contribution is 2.43. The zero-order chi connectivity index (χ0) is 24.5. The second kappa shape index (κ2) is 12.3. The van der Waals surface area contributed by atoms with Gasteiger partial charge in [-0.25, -0.2) is 0 Å². The van der Waals surface area contributed by atoms with E-state index in [2.05, 4.69) is 15.5 Å². The molecule has 2 rings (SSSR count). The van der Waals surface area contributed by atoms with Crippen molar-refractivity contribution < 1.29 is 28.5 Å². The standard InChI is InChI=1S/C22H25Cl2N3O6/c1-6-32-19-14(24)8-9-15(21(19)33-7-2)26-27-18(12(3)28)22(29)25-16-10-13(23)11-17(30-4)20(16)31-5/h8-11,18H,6-7H2,1-5H3,(H,25,29). The first kappa shape index (κ1) is 26.2. The van der Waals surface area contributed by atoms with Crippen LogP contribution in [-0.4, -0.2) is 45.2 Å². The fourth-order valence-corrected chi connectivity index (χ4v) is 3.24. The minimum Gasteiger partial charge on any atom is -0.493 e. The Morgan fingerprint density at radius 1 is 1.00 bits per heavy atom. The molecule has 0 radical (unpaired) electrons. The van der Waals surface area contributed by atoms with Crippen LogP contribution < -0.4 is 24.3 Å². The van der Waals surface area contributed by atoms with Gasteiger partial charge in [-0.2, -0.15) is 10.2 Å². The minimum absolute atomic E-state index is 0.216. The van der Waals surface area contributed by atoms with E-state index in [9.17, 15) is 9.59 Å². The van der Waals surface area contributed by atoms with E-state index in [-0.39, 0.29) is 22.9 Å². The maximum atomic E-state index is 12.9. The van der Waals surface area contributed by atoms with E-state index in [0.29, 0.717) is 34.8 Å². The normalized spacial score (nSPS) is 11.7. The molecule has 33 heavy (non-hydrogen) atoms. The zero-order valence-electron chi connectivity index (χ0n) is 18.9. The number of methoxy groups -OCH3 is 2. The first-order valence-corrected chi connectivity index (χ1v) is 10.7. The van der Waals surface area contributed by atoms with Crippen LogP contribution in [0.5, 0.6) is 23.0 Å². The molecule has 2 aromatic rings. The number of halogens is 2. The highest BCUT2D eigenvalue weighted by Gasteiger charge is 2.26. The molecule has 0 aliphatic carbocycles. The maximum absolute atomic E-state index is 12.9. The second-order valence-electron chi connectivity index (χ2n) is 6.50. The van der Waals surface area contributed by atoms with Crippen LogP contribution in [0.4, 0.5) is 11.4 Å². The van der Waals surface area contributed by atoms with Crippen LogP contribution >= 0.6 is 23.2 Å². The number of carbonyl (C=O) groups is 2. The molecule has 0 saturated carbocycles. The van der Waals surface area contributed by atoms with Gasteiger partial charge in [0.25, 0.3) is 5.91 Å². The number of nitrogens with one attached hydrogen (secondary N) is 1. The van der Waals surface area contributed by atoms with Crippen LogP contribution in [0.2, 0.25) is 10.0 Å². The van der Waals surface area contributed by atoms with E-state index in [1.165, 1.54) is 33.3 Å². The summed E-state index contributed by atoms with van der Waals surface area (Å²) in [4.78, 5) is 25.1. The molecule has 0 heterocycles. The number of benzene rings is 2. The Bertz CT molecular complexity index is 1050. The lowest BCUT2D eigenvalue weighted by Gasteiger charge is -2.16. The van der Waals surface area contributed by atoms with Gasteiger partial charge in [-0.15, -0.1) is 0 Å². The fraction of sp³-hybridized carbons (Fsp3) is 0.364. The van der Waals surface area contributed by atoms with Crippen LogP contribution in [0, 0.1) is 0 Å².